The van der Waals surface area contributed by atoms with E-state index < -0.39 is 0 Å². The van der Waals surface area contributed by atoms with Crippen molar-refractivity contribution < 1.29 is 0 Å². The third-order valence-corrected chi connectivity index (χ3v) is 1.95. The molecule has 0 saturated heterocycles. The fourth-order valence-electron chi connectivity index (χ4n) is 0.841. The number of hydrogen-bond donors (Lipinski definition) is 1. The van der Waals surface area contributed by atoms with Crippen molar-refractivity contribution in [2.75, 3.05) is 10.9 Å². The Morgan fingerprint density at radius 3 is 3.30 bits per heavy atom. The van der Waals surface area contributed by atoms with Crippen LogP contribution in [0.15, 0.2) is 23.4 Å². The normalized spacial score (nSPS) is 16.6. The smallest absolute Gasteiger partial charge is 0.127 e. The average Bonchev–Trinajstić information content (AvgIpc) is 2.59. The highest BCUT2D eigenvalue weighted by Gasteiger charge is 2.07. The maximum atomic E-state index is 4.12. The summed E-state index contributed by atoms with van der Waals surface area (Å²) in [6.07, 6.45) is 1.90. The van der Waals surface area contributed by atoms with Crippen LogP contribution in [-0.2, 0) is 0 Å². The van der Waals surface area contributed by atoms with Gasteiger partial charge in [0.05, 0.1) is 11.4 Å². The van der Waals surface area contributed by atoms with Gasteiger partial charge in [0.2, 0.25) is 0 Å². The van der Waals surface area contributed by atoms with E-state index in [0.29, 0.717) is 0 Å². The van der Waals surface area contributed by atoms with Crippen molar-refractivity contribution in [1.82, 2.24) is 4.98 Å². The molecule has 10 heavy (non-hydrogen) atoms. The summed E-state index contributed by atoms with van der Waals surface area (Å²) in [5.41, 5.74) is 1.85. The van der Waals surface area contributed by atoms with Gasteiger partial charge >= 0.3 is 0 Å². The number of hydrazone groups is 1. The van der Waals surface area contributed by atoms with E-state index in [4.69, 9.17) is 0 Å². The summed E-state index contributed by atoms with van der Waals surface area (Å²) in [6.45, 7) is 0. The molecule has 0 atom stereocenters. The molecule has 0 saturated carbocycles. The fourth-order valence-corrected chi connectivity index (χ4v) is 1.43. The molecule has 2 heterocycles. The molecular weight excluding hydrogens is 146 g/mol. The molecule has 0 bridgehead atoms. The van der Waals surface area contributed by atoms with E-state index in [1.807, 2.05) is 28.9 Å². The molecule has 52 valence electrons. The maximum absolute atomic E-state index is 4.12. The van der Waals surface area contributed by atoms with E-state index in [1.54, 1.807) is 11.8 Å². The highest BCUT2D eigenvalue weighted by Crippen LogP contribution is 2.17. The van der Waals surface area contributed by atoms with Crippen LogP contribution in [0.5, 0.6) is 0 Å². The first-order valence-electron chi connectivity index (χ1n) is 3.02. The van der Waals surface area contributed by atoms with Crippen molar-refractivity contribution in [2.45, 2.75) is 0 Å². The van der Waals surface area contributed by atoms with Gasteiger partial charge in [-0.2, -0.15) is 5.10 Å². The highest BCUT2D eigenvalue weighted by atomic mass is 32.2. The summed E-state index contributed by atoms with van der Waals surface area (Å²) < 4.78 is 0. The lowest BCUT2D eigenvalue weighted by atomic mass is 10.6. The van der Waals surface area contributed by atoms with Crippen LogP contribution in [0.2, 0.25) is 0 Å². The number of aromatic amines is 1. The molecule has 0 spiro atoms. The molecule has 4 heteroatoms. The number of aromatic nitrogens is 1. The first kappa shape index (κ1) is 5.85. The second kappa shape index (κ2) is 2.38. The first-order valence-corrected chi connectivity index (χ1v) is 4.07. The summed E-state index contributed by atoms with van der Waals surface area (Å²) >= 11 is 1.69. The van der Waals surface area contributed by atoms with Gasteiger partial charge in [0, 0.05) is 6.20 Å². The molecule has 3 nitrogen and oxygen atoms in total. The van der Waals surface area contributed by atoms with E-state index in [2.05, 4.69) is 10.1 Å². The molecular formula is C6H7N3S. The van der Waals surface area contributed by atoms with Gasteiger partial charge in [-0.1, -0.05) is 11.8 Å². The molecule has 1 N–H and O–H groups in total. The van der Waals surface area contributed by atoms with Crippen LogP contribution in [0.1, 0.15) is 0 Å². The second-order valence-electron chi connectivity index (χ2n) is 1.97. The Bertz CT molecular complexity index is 229. The van der Waals surface area contributed by atoms with Crippen molar-refractivity contribution in [3.8, 4) is 0 Å². The van der Waals surface area contributed by atoms with Gasteiger partial charge in [0.1, 0.15) is 5.82 Å². The Kier molecular flexibility index (Phi) is 1.39. The predicted molar refractivity (Wildman–Crippen MR) is 44.2 cm³/mol. The summed E-state index contributed by atoms with van der Waals surface area (Å²) in [5, 5.41) is 6.04. The van der Waals surface area contributed by atoms with Gasteiger partial charge in [-0.25, -0.2) is 5.01 Å². The monoisotopic (exact) mass is 153 g/mol. The van der Waals surface area contributed by atoms with Gasteiger partial charge in [0.15, 0.2) is 0 Å². The summed E-state index contributed by atoms with van der Waals surface area (Å²) in [5.74, 6) is 1.97. The van der Waals surface area contributed by atoms with Crippen LogP contribution < -0.4 is 5.01 Å². The van der Waals surface area contributed by atoms with Crippen LogP contribution in [0.25, 0.3) is 0 Å². The lowest BCUT2D eigenvalue weighted by Gasteiger charge is -2.08. The Morgan fingerprint density at radius 1 is 1.70 bits per heavy atom. The molecule has 1 aliphatic heterocycles. The molecule has 0 aliphatic carbocycles. The zero-order valence-electron chi connectivity index (χ0n) is 5.32. The highest BCUT2D eigenvalue weighted by molar-refractivity contribution is 8.12. The van der Waals surface area contributed by atoms with Crippen molar-refractivity contribution in [3.05, 3.63) is 18.3 Å². The average molecular weight is 153 g/mol. The molecule has 0 unspecified atom stereocenters. The third-order valence-electron chi connectivity index (χ3n) is 1.32. The van der Waals surface area contributed by atoms with Crippen LogP contribution >= 0.6 is 11.8 Å². The first-order chi connectivity index (χ1) is 4.97. The van der Waals surface area contributed by atoms with Gasteiger partial charge in [-0.3, -0.25) is 0 Å². The van der Waals surface area contributed by atoms with Crippen molar-refractivity contribution in [3.63, 3.8) is 0 Å². The van der Waals surface area contributed by atoms with Gasteiger partial charge in [-0.05, 0) is 12.1 Å². The molecule has 1 aliphatic rings. The molecule has 2 rings (SSSR count). The van der Waals surface area contributed by atoms with E-state index in [0.717, 1.165) is 11.7 Å². The van der Waals surface area contributed by atoms with Crippen LogP contribution in [0.4, 0.5) is 5.82 Å². The fraction of sp³-hybridized carbons (Fsp3) is 0.167. The Balaban J connectivity index is 2.20. The molecule has 0 amide bonds. The predicted octanol–water partition coefficient (Wildman–Crippen LogP) is 1.47. The lowest BCUT2D eigenvalue weighted by Crippen LogP contribution is -2.10. The van der Waals surface area contributed by atoms with Crippen LogP contribution in [-0.4, -0.2) is 16.4 Å². The van der Waals surface area contributed by atoms with Gasteiger partial charge in [0.25, 0.3) is 0 Å². The number of nitrogens with zero attached hydrogens (tertiary/aromatic N) is 2. The largest absolute Gasteiger partial charge is 0.347 e. The SMILES string of the molecule is C1=NN(c2ccc[nH]2)CS1. The number of nitrogens with one attached hydrogen (secondary N) is 1. The Hall–Kier alpha value is -0.900. The zero-order valence-corrected chi connectivity index (χ0v) is 6.14. The molecule has 1 aromatic heterocycles. The van der Waals surface area contributed by atoms with Crippen molar-refractivity contribution >= 4 is 23.1 Å². The van der Waals surface area contributed by atoms with Crippen LogP contribution in [0, 0.1) is 0 Å². The third kappa shape index (κ3) is 0.903. The second-order valence-corrected chi connectivity index (χ2v) is 2.77. The quantitative estimate of drug-likeness (QED) is 0.662. The number of hydrogen-bond acceptors (Lipinski definition) is 3. The minimum atomic E-state index is 0.917. The number of anilines is 1. The minimum Gasteiger partial charge on any atom is -0.347 e. The molecule has 0 aromatic carbocycles. The minimum absolute atomic E-state index is 0.917. The van der Waals surface area contributed by atoms with E-state index in [9.17, 15) is 0 Å². The topological polar surface area (TPSA) is 31.4 Å². The van der Waals surface area contributed by atoms with Gasteiger partial charge < -0.3 is 4.98 Å². The van der Waals surface area contributed by atoms with Gasteiger partial charge in [-0.15, -0.1) is 0 Å². The molecule has 1 aromatic rings. The number of thioether (sulfide) groups is 1. The zero-order chi connectivity index (χ0) is 6.81. The van der Waals surface area contributed by atoms with E-state index in [-0.39, 0.29) is 0 Å². The lowest BCUT2D eigenvalue weighted by molar-refractivity contribution is 0.985. The summed E-state index contributed by atoms with van der Waals surface area (Å²) in [7, 11) is 0. The van der Waals surface area contributed by atoms with Crippen LogP contribution in [0.3, 0.4) is 0 Å². The maximum Gasteiger partial charge on any atom is 0.127 e. The Morgan fingerprint density at radius 2 is 2.70 bits per heavy atom. The Labute approximate surface area is 63.1 Å². The molecule has 0 radical (unpaired) electrons. The van der Waals surface area contributed by atoms with E-state index >= 15 is 0 Å². The number of rotatable bonds is 1. The van der Waals surface area contributed by atoms with E-state index in [1.165, 1.54) is 0 Å². The summed E-state index contributed by atoms with van der Waals surface area (Å²) in [4.78, 5) is 3.08. The van der Waals surface area contributed by atoms with Crippen molar-refractivity contribution in [1.29, 1.82) is 0 Å². The standard InChI is InChI=1S/C6H7N3S/c1-2-6(7-3-1)9-5-10-4-8-9/h1-4,7H,5H2. The summed E-state index contributed by atoms with van der Waals surface area (Å²) in [6, 6.07) is 3.97. The molecule has 0 fully saturated rings. The van der Waals surface area contributed by atoms with Crippen molar-refractivity contribution in [2.24, 2.45) is 5.10 Å². The number of H-pyrrole nitrogens is 1.